The maximum atomic E-state index is 5.28. The van der Waals surface area contributed by atoms with E-state index in [-0.39, 0.29) is 6.23 Å². The molecule has 0 spiro atoms. The summed E-state index contributed by atoms with van der Waals surface area (Å²) in [5.41, 5.74) is 6.24. The minimum absolute atomic E-state index is 0.0740. The van der Waals surface area contributed by atoms with Gasteiger partial charge in [0.15, 0.2) is 0 Å². The Bertz CT molecular complexity index is 169. The summed E-state index contributed by atoms with van der Waals surface area (Å²) < 4.78 is 5.28. The number of aliphatic imine (C=N–C) groups is 1. The molecule has 0 saturated carbocycles. The average Bonchev–Trinajstić information content (AvgIpc) is 2.52. The van der Waals surface area contributed by atoms with Crippen LogP contribution in [0.4, 0.5) is 0 Å². The van der Waals surface area contributed by atoms with E-state index in [4.69, 9.17) is 10.5 Å². The molecule has 3 heteroatoms. The summed E-state index contributed by atoms with van der Waals surface area (Å²) in [7, 11) is 0. The zero-order valence-electron chi connectivity index (χ0n) is 6.79. The average molecular weight is 154 g/mol. The van der Waals surface area contributed by atoms with Gasteiger partial charge in [0, 0.05) is 12.8 Å². The van der Waals surface area contributed by atoms with E-state index >= 15 is 0 Å². The molecule has 11 heavy (non-hydrogen) atoms. The highest BCUT2D eigenvalue weighted by Crippen LogP contribution is 2.12. The standard InChI is InChI=1S/C8H14N2O/c1-7(5-9)6-10-8-3-2-4-11-8/h5-6,8H,2-4,9H2,1H3/b7-5-,10-6+. The number of allylic oxidation sites excluding steroid dienone is 1. The molecule has 3 nitrogen and oxygen atoms in total. The third-order valence-electron chi connectivity index (χ3n) is 1.61. The van der Waals surface area contributed by atoms with Crippen molar-refractivity contribution in [3.8, 4) is 0 Å². The van der Waals surface area contributed by atoms with Crippen LogP contribution in [0.2, 0.25) is 0 Å². The number of rotatable bonds is 2. The molecule has 1 aliphatic rings. The minimum Gasteiger partial charge on any atom is -0.404 e. The van der Waals surface area contributed by atoms with Gasteiger partial charge in [0.1, 0.15) is 6.23 Å². The van der Waals surface area contributed by atoms with Gasteiger partial charge >= 0.3 is 0 Å². The highest BCUT2D eigenvalue weighted by Gasteiger charge is 2.11. The van der Waals surface area contributed by atoms with E-state index in [0.717, 1.165) is 25.0 Å². The summed E-state index contributed by atoms with van der Waals surface area (Å²) in [4.78, 5) is 4.20. The Labute approximate surface area is 66.9 Å². The smallest absolute Gasteiger partial charge is 0.148 e. The first-order valence-corrected chi connectivity index (χ1v) is 3.86. The molecule has 0 bridgehead atoms. The molecule has 1 unspecified atom stereocenters. The molecular weight excluding hydrogens is 140 g/mol. The SMILES string of the molecule is CC(=C/N)/C=N/C1CCCO1. The number of nitrogens with zero attached hydrogens (tertiary/aromatic N) is 1. The van der Waals surface area contributed by atoms with Crippen LogP contribution in [-0.4, -0.2) is 19.0 Å². The van der Waals surface area contributed by atoms with Crippen LogP contribution in [0, 0.1) is 0 Å². The van der Waals surface area contributed by atoms with E-state index in [0.29, 0.717) is 0 Å². The molecular formula is C8H14N2O. The summed E-state index contributed by atoms with van der Waals surface area (Å²) in [5.74, 6) is 0. The molecule has 0 radical (unpaired) electrons. The van der Waals surface area contributed by atoms with Gasteiger partial charge in [0.05, 0.1) is 0 Å². The van der Waals surface area contributed by atoms with Crippen LogP contribution in [0.15, 0.2) is 16.8 Å². The largest absolute Gasteiger partial charge is 0.404 e. The Morgan fingerprint density at radius 2 is 2.55 bits per heavy atom. The van der Waals surface area contributed by atoms with Gasteiger partial charge in [-0.15, -0.1) is 0 Å². The monoisotopic (exact) mass is 154 g/mol. The first-order chi connectivity index (χ1) is 5.33. The summed E-state index contributed by atoms with van der Waals surface area (Å²) in [6.45, 7) is 2.76. The van der Waals surface area contributed by atoms with E-state index in [9.17, 15) is 0 Å². The molecule has 1 heterocycles. The van der Waals surface area contributed by atoms with Gasteiger partial charge in [-0.05, 0) is 31.5 Å². The fraction of sp³-hybridized carbons (Fsp3) is 0.625. The Kier molecular flexibility index (Phi) is 3.11. The lowest BCUT2D eigenvalue weighted by Gasteiger charge is -2.00. The van der Waals surface area contributed by atoms with Gasteiger partial charge in [-0.25, -0.2) is 0 Å². The zero-order chi connectivity index (χ0) is 8.10. The highest BCUT2D eigenvalue weighted by molar-refractivity contribution is 5.77. The molecule has 0 amide bonds. The Hall–Kier alpha value is -0.830. The fourth-order valence-corrected chi connectivity index (χ4v) is 0.922. The number of ether oxygens (including phenoxy) is 1. The predicted octanol–water partition coefficient (Wildman–Crippen LogP) is 1.06. The second-order valence-electron chi connectivity index (χ2n) is 2.66. The first kappa shape index (κ1) is 8.27. The molecule has 1 atom stereocenters. The van der Waals surface area contributed by atoms with E-state index < -0.39 is 0 Å². The molecule has 0 aliphatic carbocycles. The van der Waals surface area contributed by atoms with Gasteiger partial charge in [-0.2, -0.15) is 0 Å². The van der Waals surface area contributed by atoms with Crippen LogP contribution in [0.1, 0.15) is 19.8 Å². The Balaban J connectivity index is 2.33. The maximum absolute atomic E-state index is 5.28. The van der Waals surface area contributed by atoms with Gasteiger partial charge in [-0.1, -0.05) is 0 Å². The van der Waals surface area contributed by atoms with Crippen molar-refractivity contribution in [3.63, 3.8) is 0 Å². The molecule has 0 aromatic rings. The number of hydrogen-bond donors (Lipinski definition) is 1. The second-order valence-corrected chi connectivity index (χ2v) is 2.66. The summed E-state index contributed by atoms with van der Waals surface area (Å²) in [5, 5.41) is 0. The van der Waals surface area contributed by atoms with E-state index in [1.807, 2.05) is 6.92 Å². The highest BCUT2D eigenvalue weighted by atomic mass is 16.5. The molecule has 2 N–H and O–H groups in total. The Morgan fingerprint density at radius 3 is 3.09 bits per heavy atom. The number of nitrogens with two attached hydrogens (primary N) is 1. The van der Waals surface area contributed by atoms with E-state index in [1.54, 1.807) is 12.4 Å². The van der Waals surface area contributed by atoms with Gasteiger partial charge < -0.3 is 10.5 Å². The topological polar surface area (TPSA) is 47.6 Å². The lowest BCUT2D eigenvalue weighted by molar-refractivity contribution is 0.118. The minimum atomic E-state index is 0.0740. The van der Waals surface area contributed by atoms with Crippen molar-refractivity contribution in [2.24, 2.45) is 10.7 Å². The van der Waals surface area contributed by atoms with E-state index in [1.165, 1.54) is 0 Å². The third-order valence-corrected chi connectivity index (χ3v) is 1.61. The van der Waals surface area contributed by atoms with Crippen LogP contribution in [0.25, 0.3) is 0 Å². The molecule has 1 rings (SSSR count). The quantitative estimate of drug-likeness (QED) is 0.604. The van der Waals surface area contributed by atoms with Crippen molar-refractivity contribution in [1.82, 2.24) is 0 Å². The normalized spacial score (nSPS) is 26.6. The van der Waals surface area contributed by atoms with Gasteiger partial charge in [0.25, 0.3) is 0 Å². The molecule has 1 aliphatic heterocycles. The van der Waals surface area contributed by atoms with Crippen molar-refractivity contribution in [3.05, 3.63) is 11.8 Å². The second kappa shape index (κ2) is 4.13. The molecule has 0 aromatic carbocycles. The summed E-state index contributed by atoms with van der Waals surface area (Å²) in [6, 6.07) is 0. The van der Waals surface area contributed by atoms with Crippen LogP contribution >= 0.6 is 0 Å². The fourth-order valence-electron chi connectivity index (χ4n) is 0.922. The first-order valence-electron chi connectivity index (χ1n) is 3.86. The van der Waals surface area contributed by atoms with Crippen LogP contribution in [-0.2, 0) is 4.74 Å². The van der Waals surface area contributed by atoms with Crippen molar-refractivity contribution < 1.29 is 4.74 Å². The molecule has 1 fully saturated rings. The lowest BCUT2D eigenvalue weighted by Crippen LogP contribution is -2.00. The van der Waals surface area contributed by atoms with Crippen molar-refractivity contribution in [2.75, 3.05) is 6.61 Å². The third kappa shape index (κ3) is 2.72. The molecule has 0 aromatic heterocycles. The zero-order valence-corrected chi connectivity index (χ0v) is 6.79. The van der Waals surface area contributed by atoms with Crippen molar-refractivity contribution in [2.45, 2.75) is 26.0 Å². The van der Waals surface area contributed by atoms with Crippen molar-refractivity contribution in [1.29, 1.82) is 0 Å². The van der Waals surface area contributed by atoms with Crippen molar-refractivity contribution >= 4 is 6.21 Å². The predicted molar refractivity (Wildman–Crippen MR) is 45.4 cm³/mol. The maximum Gasteiger partial charge on any atom is 0.148 e. The Morgan fingerprint density at radius 1 is 1.73 bits per heavy atom. The summed E-state index contributed by atoms with van der Waals surface area (Å²) in [6.07, 6.45) is 5.53. The van der Waals surface area contributed by atoms with Gasteiger partial charge in [0.2, 0.25) is 0 Å². The molecule has 1 saturated heterocycles. The van der Waals surface area contributed by atoms with Crippen LogP contribution < -0.4 is 5.73 Å². The van der Waals surface area contributed by atoms with E-state index in [2.05, 4.69) is 4.99 Å². The van der Waals surface area contributed by atoms with Crippen LogP contribution in [0.3, 0.4) is 0 Å². The summed E-state index contributed by atoms with van der Waals surface area (Å²) >= 11 is 0. The van der Waals surface area contributed by atoms with Gasteiger partial charge in [-0.3, -0.25) is 4.99 Å². The lowest BCUT2D eigenvalue weighted by atomic mass is 10.3. The van der Waals surface area contributed by atoms with Crippen LogP contribution in [0.5, 0.6) is 0 Å². The molecule has 62 valence electrons. The number of hydrogen-bond acceptors (Lipinski definition) is 3.